The summed E-state index contributed by atoms with van der Waals surface area (Å²) in [6.07, 6.45) is 2.34. The molecule has 0 unspecified atom stereocenters. The van der Waals surface area contributed by atoms with Crippen LogP contribution in [-0.2, 0) is 11.3 Å². The van der Waals surface area contributed by atoms with Crippen LogP contribution in [-0.4, -0.2) is 20.6 Å². The summed E-state index contributed by atoms with van der Waals surface area (Å²) >= 11 is 0. The van der Waals surface area contributed by atoms with Crippen LogP contribution in [0, 0.1) is 24.0 Å². The molecule has 0 bridgehead atoms. The molecule has 0 radical (unpaired) electrons. The smallest absolute Gasteiger partial charge is 0.307 e. The summed E-state index contributed by atoms with van der Waals surface area (Å²) in [5.41, 5.74) is 2.67. The highest BCUT2D eigenvalue weighted by Gasteiger charge is 2.12. The second-order valence-electron chi connectivity index (χ2n) is 4.45. The van der Waals surface area contributed by atoms with E-state index in [2.05, 4.69) is 10.4 Å². The van der Waals surface area contributed by atoms with E-state index >= 15 is 0 Å². The van der Waals surface area contributed by atoms with Crippen molar-refractivity contribution in [1.82, 2.24) is 9.78 Å². The van der Waals surface area contributed by atoms with Crippen molar-refractivity contribution in [3.05, 3.63) is 51.8 Å². The Morgan fingerprint density at radius 1 is 1.45 bits per heavy atom. The minimum absolute atomic E-state index is 0.0682. The lowest BCUT2D eigenvalue weighted by atomic mass is 10.1. The van der Waals surface area contributed by atoms with E-state index in [1.54, 1.807) is 0 Å². The van der Waals surface area contributed by atoms with Crippen LogP contribution in [0.3, 0.4) is 0 Å². The molecule has 1 amide bonds. The molecule has 0 aliphatic rings. The number of anilines is 1. The van der Waals surface area contributed by atoms with Gasteiger partial charge in [0.2, 0.25) is 5.91 Å². The summed E-state index contributed by atoms with van der Waals surface area (Å²) in [5.74, 6) is -0.281. The third-order valence-corrected chi connectivity index (χ3v) is 3.01. The highest BCUT2D eigenvalue weighted by Crippen LogP contribution is 2.18. The number of hydrogen-bond acceptors (Lipinski definition) is 4. The lowest BCUT2D eigenvalue weighted by Crippen LogP contribution is -2.19. The Balaban J connectivity index is 2.05. The topological polar surface area (TPSA) is 90.1 Å². The molecule has 1 heterocycles. The third kappa shape index (κ3) is 3.00. The van der Waals surface area contributed by atoms with Gasteiger partial charge in [0.15, 0.2) is 0 Å². The predicted octanol–water partition coefficient (Wildman–Crippen LogP) is 2.05. The molecule has 104 valence electrons. The van der Waals surface area contributed by atoms with Crippen LogP contribution in [0.2, 0.25) is 0 Å². The van der Waals surface area contributed by atoms with Gasteiger partial charge in [0.1, 0.15) is 18.9 Å². The van der Waals surface area contributed by atoms with Gasteiger partial charge in [-0.15, -0.1) is 0 Å². The maximum Gasteiger partial charge on any atom is 0.307 e. The molecular formula is C13H14N4O3. The molecule has 1 aromatic carbocycles. The Kier molecular flexibility index (Phi) is 3.79. The van der Waals surface area contributed by atoms with Crippen LogP contribution < -0.4 is 5.32 Å². The SMILES string of the molecule is Cc1cccc(NC(=O)Cn2cc([N+](=O)[O-])cn2)c1C. The molecule has 7 nitrogen and oxygen atoms in total. The van der Waals surface area contributed by atoms with Gasteiger partial charge in [0, 0.05) is 5.69 Å². The summed E-state index contributed by atoms with van der Waals surface area (Å²) in [7, 11) is 0. The van der Waals surface area contributed by atoms with Crippen molar-refractivity contribution in [3.63, 3.8) is 0 Å². The van der Waals surface area contributed by atoms with E-state index in [9.17, 15) is 14.9 Å². The number of aryl methyl sites for hydroxylation is 1. The molecule has 20 heavy (non-hydrogen) atoms. The predicted molar refractivity (Wildman–Crippen MR) is 73.4 cm³/mol. The normalized spacial score (nSPS) is 10.3. The monoisotopic (exact) mass is 274 g/mol. The summed E-state index contributed by atoms with van der Waals surface area (Å²) < 4.78 is 1.23. The van der Waals surface area contributed by atoms with E-state index in [4.69, 9.17) is 0 Å². The number of hydrogen-bond donors (Lipinski definition) is 1. The van der Waals surface area contributed by atoms with Gasteiger partial charge in [-0.25, -0.2) is 0 Å². The van der Waals surface area contributed by atoms with Gasteiger partial charge in [0.05, 0.1) is 4.92 Å². The molecule has 0 aliphatic carbocycles. The number of amides is 1. The lowest BCUT2D eigenvalue weighted by molar-refractivity contribution is -0.385. The van der Waals surface area contributed by atoms with Crippen molar-refractivity contribution in [2.24, 2.45) is 0 Å². The molecule has 2 aromatic rings. The van der Waals surface area contributed by atoms with Crippen LogP contribution in [0.25, 0.3) is 0 Å². The van der Waals surface area contributed by atoms with Gasteiger partial charge >= 0.3 is 5.69 Å². The number of aromatic nitrogens is 2. The summed E-state index contributed by atoms with van der Waals surface area (Å²) in [6, 6.07) is 5.63. The molecule has 0 fully saturated rings. The molecule has 0 aliphatic heterocycles. The van der Waals surface area contributed by atoms with Crippen molar-refractivity contribution >= 4 is 17.3 Å². The second kappa shape index (κ2) is 5.52. The first kappa shape index (κ1) is 13.7. The van der Waals surface area contributed by atoms with E-state index < -0.39 is 4.92 Å². The second-order valence-corrected chi connectivity index (χ2v) is 4.45. The van der Waals surface area contributed by atoms with Gasteiger partial charge in [-0.1, -0.05) is 12.1 Å². The van der Waals surface area contributed by atoms with E-state index in [-0.39, 0.29) is 18.1 Å². The summed E-state index contributed by atoms with van der Waals surface area (Å²) in [6.45, 7) is 3.81. The van der Waals surface area contributed by atoms with Crippen molar-refractivity contribution < 1.29 is 9.72 Å². The molecule has 2 rings (SSSR count). The van der Waals surface area contributed by atoms with Crippen molar-refractivity contribution in [2.45, 2.75) is 20.4 Å². The average Bonchev–Trinajstić information content (AvgIpc) is 2.83. The largest absolute Gasteiger partial charge is 0.324 e. The lowest BCUT2D eigenvalue weighted by Gasteiger charge is -2.10. The van der Waals surface area contributed by atoms with Crippen LogP contribution >= 0.6 is 0 Å². The zero-order valence-corrected chi connectivity index (χ0v) is 11.2. The fraction of sp³-hybridized carbons (Fsp3) is 0.231. The average molecular weight is 274 g/mol. The fourth-order valence-corrected chi connectivity index (χ4v) is 1.76. The molecule has 7 heteroatoms. The van der Waals surface area contributed by atoms with Crippen molar-refractivity contribution in [3.8, 4) is 0 Å². The van der Waals surface area contributed by atoms with Crippen LogP contribution in [0.1, 0.15) is 11.1 Å². The number of nitrogens with zero attached hydrogens (tertiary/aromatic N) is 3. The minimum Gasteiger partial charge on any atom is -0.324 e. The van der Waals surface area contributed by atoms with Gasteiger partial charge in [0.25, 0.3) is 0 Å². The number of carbonyl (C=O) groups excluding carboxylic acids is 1. The number of nitrogens with one attached hydrogen (secondary N) is 1. The number of carbonyl (C=O) groups is 1. The molecule has 1 N–H and O–H groups in total. The van der Waals surface area contributed by atoms with Crippen molar-refractivity contribution in [1.29, 1.82) is 0 Å². The van der Waals surface area contributed by atoms with Crippen LogP contribution in [0.5, 0.6) is 0 Å². The quantitative estimate of drug-likeness (QED) is 0.682. The van der Waals surface area contributed by atoms with E-state index in [0.29, 0.717) is 0 Å². The number of rotatable bonds is 4. The highest BCUT2D eigenvalue weighted by molar-refractivity contribution is 5.91. The zero-order valence-electron chi connectivity index (χ0n) is 11.2. The molecular weight excluding hydrogens is 260 g/mol. The molecule has 0 spiro atoms. The molecule has 0 saturated carbocycles. The van der Waals surface area contributed by atoms with Gasteiger partial charge in [-0.2, -0.15) is 5.10 Å². The van der Waals surface area contributed by atoms with Crippen molar-refractivity contribution in [2.75, 3.05) is 5.32 Å². The first-order chi connectivity index (χ1) is 9.47. The van der Waals surface area contributed by atoms with Gasteiger partial charge < -0.3 is 5.32 Å². The van der Waals surface area contributed by atoms with E-state index in [1.807, 2.05) is 32.0 Å². The molecule has 0 atom stereocenters. The van der Waals surface area contributed by atoms with Gasteiger partial charge in [-0.05, 0) is 31.0 Å². The number of nitro groups is 1. The minimum atomic E-state index is -0.549. The van der Waals surface area contributed by atoms with Crippen LogP contribution in [0.15, 0.2) is 30.6 Å². The molecule has 0 saturated heterocycles. The van der Waals surface area contributed by atoms with Crippen LogP contribution in [0.4, 0.5) is 11.4 Å². The Hall–Kier alpha value is -2.70. The summed E-state index contributed by atoms with van der Waals surface area (Å²) in [4.78, 5) is 21.9. The Bertz CT molecular complexity index is 663. The number of benzene rings is 1. The first-order valence-corrected chi connectivity index (χ1v) is 6.00. The standard InChI is InChI=1S/C13H14N4O3/c1-9-4-3-5-12(10(9)2)15-13(18)8-16-7-11(6-14-16)17(19)20/h3-7H,8H2,1-2H3,(H,15,18). The maximum atomic E-state index is 11.9. The van der Waals surface area contributed by atoms with E-state index in [0.717, 1.165) is 23.0 Å². The fourth-order valence-electron chi connectivity index (χ4n) is 1.76. The Morgan fingerprint density at radius 3 is 2.85 bits per heavy atom. The third-order valence-electron chi connectivity index (χ3n) is 3.01. The summed E-state index contributed by atoms with van der Waals surface area (Å²) in [5, 5.41) is 17.1. The Labute approximate surface area is 115 Å². The maximum absolute atomic E-state index is 11.9. The molecule has 1 aromatic heterocycles. The first-order valence-electron chi connectivity index (χ1n) is 6.00. The Morgan fingerprint density at radius 2 is 2.20 bits per heavy atom. The van der Waals surface area contributed by atoms with E-state index in [1.165, 1.54) is 10.9 Å². The zero-order chi connectivity index (χ0) is 14.7. The highest BCUT2D eigenvalue weighted by atomic mass is 16.6. The van der Waals surface area contributed by atoms with Gasteiger partial charge in [-0.3, -0.25) is 19.6 Å².